The fourth-order valence-corrected chi connectivity index (χ4v) is 1.51. The summed E-state index contributed by atoms with van der Waals surface area (Å²) in [5, 5.41) is 6.39. The molecule has 0 saturated carbocycles. The molecule has 0 aliphatic heterocycles. The van der Waals surface area contributed by atoms with Crippen LogP contribution in [0, 0.1) is 5.92 Å². The average Bonchev–Trinajstić information content (AvgIpc) is 2.55. The van der Waals surface area contributed by atoms with Crippen LogP contribution in [0.3, 0.4) is 0 Å². The number of nitrogens with one attached hydrogen (secondary N) is 1. The third-order valence-corrected chi connectivity index (χ3v) is 3.20. The van der Waals surface area contributed by atoms with Gasteiger partial charge in [0.05, 0.1) is 10.9 Å². The van der Waals surface area contributed by atoms with Gasteiger partial charge in [0.15, 0.2) is 0 Å². The molecule has 0 radical (unpaired) electrons. The van der Waals surface area contributed by atoms with Gasteiger partial charge in [-0.25, -0.2) is 0 Å². The minimum atomic E-state index is -0.236. The van der Waals surface area contributed by atoms with Crippen molar-refractivity contribution in [2.75, 3.05) is 5.32 Å². The Morgan fingerprint density at radius 2 is 2.31 bits per heavy atom. The first-order valence-corrected chi connectivity index (χ1v) is 5.58. The molecule has 0 bridgehead atoms. The first kappa shape index (κ1) is 10.6. The van der Waals surface area contributed by atoms with Gasteiger partial charge in [-0.15, -0.1) is 0 Å². The predicted molar refractivity (Wildman–Crippen MR) is 60.6 cm³/mol. The van der Waals surface area contributed by atoms with Crippen LogP contribution in [0.15, 0.2) is 16.8 Å². The molecule has 0 fully saturated rings. The molecule has 13 heavy (non-hydrogen) atoms. The summed E-state index contributed by atoms with van der Waals surface area (Å²) in [6.45, 7) is 3.95. The van der Waals surface area contributed by atoms with E-state index >= 15 is 0 Å². The van der Waals surface area contributed by atoms with E-state index in [1.165, 1.54) is 0 Å². The molecule has 2 nitrogen and oxygen atoms in total. The number of hydrogen-bond donors (Lipinski definition) is 2. The Balaban J connectivity index is 2.51. The molecule has 0 aliphatic carbocycles. The molecule has 4 heteroatoms. The second-order valence-corrected chi connectivity index (χ2v) is 4.53. The highest BCUT2D eigenvalue weighted by Gasteiger charge is 2.17. The van der Waals surface area contributed by atoms with Gasteiger partial charge in [0.25, 0.3) is 0 Å². The van der Waals surface area contributed by atoms with E-state index in [4.69, 9.17) is 0 Å². The highest BCUT2D eigenvalue weighted by atomic mass is 32.1. The molecule has 1 rings (SSSR count). The largest absolute Gasteiger partial charge is 0.324 e. The molecular formula is C9H13NOS2. The topological polar surface area (TPSA) is 29.1 Å². The number of hydrogen-bond acceptors (Lipinski definition) is 3. The summed E-state index contributed by atoms with van der Waals surface area (Å²) in [5.41, 5.74) is 0.856. The summed E-state index contributed by atoms with van der Waals surface area (Å²) in [5.74, 6) is 0.221. The van der Waals surface area contributed by atoms with E-state index in [0.717, 1.165) is 5.69 Å². The molecule has 0 spiro atoms. The van der Waals surface area contributed by atoms with E-state index in [1.54, 1.807) is 11.3 Å². The van der Waals surface area contributed by atoms with Crippen LogP contribution in [-0.2, 0) is 4.79 Å². The SMILES string of the molecule is CC(C)C(S)C(=O)Nc1ccsc1. The molecule has 0 saturated heterocycles. The van der Waals surface area contributed by atoms with E-state index in [1.807, 2.05) is 30.7 Å². The van der Waals surface area contributed by atoms with Crippen LogP contribution < -0.4 is 5.32 Å². The van der Waals surface area contributed by atoms with Crippen LogP contribution in [0.5, 0.6) is 0 Å². The van der Waals surface area contributed by atoms with Gasteiger partial charge in [0.1, 0.15) is 0 Å². The Morgan fingerprint density at radius 3 is 2.77 bits per heavy atom. The molecule has 1 aromatic heterocycles. The fourth-order valence-electron chi connectivity index (χ4n) is 0.855. The Bertz CT molecular complexity index is 269. The maximum Gasteiger partial charge on any atom is 0.237 e. The van der Waals surface area contributed by atoms with E-state index in [-0.39, 0.29) is 17.1 Å². The molecule has 1 aromatic rings. The van der Waals surface area contributed by atoms with Crippen LogP contribution in [-0.4, -0.2) is 11.2 Å². The Morgan fingerprint density at radius 1 is 1.62 bits per heavy atom. The number of thiol groups is 1. The van der Waals surface area contributed by atoms with Crippen molar-refractivity contribution in [2.24, 2.45) is 5.92 Å². The molecule has 1 N–H and O–H groups in total. The van der Waals surface area contributed by atoms with Gasteiger partial charge in [-0.2, -0.15) is 24.0 Å². The van der Waals surface area contributed by atoms with Crippen molar-refractivity contribution in [3.8, 4) is 0 Å². The lowest BCUT2D eigenvalue weighted by Crippen LogP contribution is -2.27. The molecule has 1 amide bonds. The zero-order valence-electron chi connectivity index (χ0n) is 7.65. The summed E-state index contributed by atoms with van der Waals surface area (Å²) in [6, 6.07) is 1.88. The quantitative estimate of drug-likeness (QED) is 0.746. The lowest BCUT2D eigenvalue weighted by molar-refractivity contribution is -0.116. The van der Waals surface area contributed by atoms with Gasteiger partial charge in [0.2, 0.25) is 5.91 Å². The van der Waals surface area contributed by atoms with Gasteiger partial charge < -0.3 is 5.32 Å². The van der Waals surface area contributed by atoms with Crippen molar-refractivity contribution in [1.29, 1.82) is 0 Å². The van der Waals surface area contributed by atoms with E-state index in [0.29, 0.717) is 0 Å². The zero-order chi connectivity index (χ0) is 9.84. The van der Waals surface area contributed by atoms with Crippen molar-refractivity contribution in [3.05, 3.63) is 16.8 Å². The number of carbonyl (C=O) groups is 1. The first-order chi connectivity index (χ1) is 6.11. The minimum absolute atomic E-state index is 0.0308. The van der Waals surface area contributed by atoms with Gasteiger partial charge in [-0.3, -0.25) is 4.79 Å². The number of anilines is 1. The Kier molecular flexibility index (Phi) is 3.81. The lowest BCUT2D eigenvalue weighted by Gasteiger charge is -2.13. The first-order valence-electron chi connectivity index (χ1n) is 4.12. The van der Waals surface area contributed by atoms with Crippen molar-refractivity contribution in [3.63, 3.8) is 0 Å². The second kappa shape index (κ2) is 4.67. The molecule has 0 aliphatic rings. The maximum atomic E-state index is 11.5. The van der Waals surface area contributed by atoms with E-state index in [2.05, 4.69) is 17.9 Å². The van der Waals surface area contributed by atoms with Crippen LogP contribution in [0.1, 0.15) is 13.8 Å². The third-order valence-electron chi connectivity index (χ3n) is 1.69. The van der Waals surface area contributed by atoms with Gasteiger partial charge in [0, 0.05) is 5.38 Å². The smallest absolute Gasteiger partial charge is 0.237 e. The van der Waals surface area contributed by atoms with Crippen LogP contribution >= 0.6 is 24.0 Å². The number of thiophene rings is 1. The Labute approximate surface area is 87.8 Å². The molecule has 0 aromatic carbocycles. The van der Waals surface area contributed by atoms with Crippen molar-refractivity contribution < 1.29 is 4.79 Å². The van der Waals surface area contributed by atoms with Crippen LogP contribution in [0.4, 0.5) is 5.69 Å². The zero-order valence-corrected chi connectivity index (χ0v) is 9.36. The molecule has 1 atom stereocenters. The summed E-state index contributed by atoms with van der Waals surface area (Å²) in [4.78, 5) is 11.5. The van der Waals surface area contributed by atoms with Crippen LogP contribution in [0.25, 0.3) is 0 Å². The molecule has 1 heterocycles. The summed E-state index contributed by atoms with van der Waals surface area (Å²) in [7, 11) is 0. The third kappa shape index (κ3) is 3.04. The fraction of sp³-hybridized carbons (Fsp3) is 0.444. The second-order valence-electron chi connectivity index (χ2n) is 3.19. The van der Waals surface area contributed by atoms with Gasteiger partial charge >= 0.3 is 0 Å². The number of carbonyl (C=O) groups excluding carboxylic acids is 1. The molecule has 72 valence electrons. The van der Waals surface area contributed by atoms with Gasteiger partial charge in [-0.05, 0) is 17.4 Å². The highest BCUT2D eigenvalue weighted by Crippen LogP contribution is 2.15. The van der Waals surface area contributed by atoms with Crippen molar-refractivity contribution >= 4 is 35.6 Å². The summed E-state index contributed by atoms with van der Waals surface area (Å²) >= 11 is 5.78. The highest BCUT2D eigenvalue weighted by molar-refractivity contribution is 7.81. The van der Waals surface area contributed by atoms with Gasteiger partial charge in [-0.1, -0.05) is 13.8 Å². The molecular weight excluding hydrogens is 202 g/mol. The van der Waals surface area contributed by atoms with E-state index in [9.17, 15) is 4.79 Å². The number of amides is 1. The lowest BCUT2D eigenvalue weighted by atomic mass is 10.1. The van der Waals surface area contributed by atoms with Crippen molar-refractivity contribution in [1.82, 2.24) is 0 Å². The minimum Gasteiger partial charge on any atom is -0.324 e. The predicted octanol–water partition coefficient (Wildman–Crippen LogP) is 2.64. The summed E-state index contributed by atoms with van der Waals surface area (Å²) in [6.07, 6.45) is 0. The molecule has 1 unspecified atom stereocenters. The maximum absolute atomic E-state index is 11.5. The summed E-state index contributed by atoms with van der Waals surface area (Å²) < 4.78 is 0. The van der Waals surface area contributed by atoms with Crippen LogP contribution in [0.2, 0.25) is 0 Å². The van der Waals surface area contributed by atoms with Crippen molar-refractivity contribution in [2.45, 2.75) is 19.1 Å². The monoisotopic (exact) mass is 215 g/mol. The number of rotatable bonds is 3. The van der Waals surface area contributed by atoms with E-state index < -0.39 is 0 Å². The average molecular weight is 215 g/mol. The standard InChI is InChI=1S/C9H13NOS2/c1-6(2)8(12)9(11)10-7-3-4-13-5-7/h3-6,8,12H,1-2H3,(H,10,11). The normalized spacial score (nSPS) is 12.9. The Hall–Kier alpha value is -0.480.